The van der Waals surface area contributed by atoms with Crippen molar-refractivity contribution >= 4 is 16.9 Å². The summed E-state index contributed by atoms with van der Waals surface area (Å²) in [6.45, 7) is 1.68. The number of aromatic nitrogens is 1. The second-order valence-corrected chi connectivity index (χ2v) is 9.23. The number of methoxy groups -OCH3 is 1. The summed E-state index contributed by atoms with van der Waals surface area (Å²) in [6.07, 6.45) is 4.01. The number of hydrogen-bond donors (Lipinski definition) is 1. The molecule has 5 nitrogen and oxygen atoms in total. The highest BCUT2D eigenvalue weighted by Crippen LogP contribution is 2.48. The fraction of sp³-hybridized carbons (Fsp3) is 0.276. The molecule has 0 amide bonds. The highest BCUT2D eigenvalue weighted by atomic mass is 16.5. The van der Waals surface area contributed by atoms with E-state index in [1.165, 1.54) is 29.2 Å². The number of hydrogen-bond acceptors (Lipinski definition) is 4. The maximum Gasteiger partial charge on any atom is 0.325 e. The van der Waals surface area contributed by atoms with Crippen LogP contribution in [0.25, 0.3) is 10.9 Å². The molecule has 0 bridgehead atoms. The van der Waals surface area contributed by atoms with Gasteiger partial charge in [0, 0.05) is 30.2 Å². The van der Waals surface area contributed by atoms with Crippen LogP contribution in [0, 0.1) is 0 Å². The van der Waals surface area contributed by atoms with E-state index in [9.17, 15) is 4.79 Å². The highest BCUT2D eigenvalue weighted by Gasteiger charge is 2.53. The molecule has 3 atom stereocenters. The molecule has 34 heavy (non-hydrogen) atoms. The van der Waals surface area contributed by atoms with Gasteiger partial charge < -0.3 is 9.72 Å². The average Bonchev–Trinajstić information content (AvgIpc) is 3.46. The average molecular weight is 452 g/mol. The monoisotopic (exact) mass is 451 g/mol. The van der Waals surface area contributed by atoms with Gasteiger partial charge in [-0.05, 0) is 41.2 Å². The summed E-state index contributed by atoms with van der Waals surface area (Å²) in [5.74, 6) is -0.159. The summed E-state index contributed by atoms with van der Waals surface area (Å²) >= 11 is 0. The molecule has 3 heterocycles. The molecule has 4 aromatic rings. The van der Waals surface area contributed by atoms with Gasteiger partial charge in [0.2, 0.25) is 0 Å². The third-order valence-electron chi connectivity index (χ3n) is 7.51. The van der Waals surface area contributed by atoms with Crippen LogP contribution in [0.4, 0.5) is 0 Å². The van der Waals surface area contributed by atoms with Crippen molar-refractivity contribution in [3.05, 3.63) is 107 Å². The lowest BCUT2D eigenvalue weighted by atomic mass is 9.96. The number of H-pyrrole nitrogens is 1. The molecular weight excluding hydrogens is 422 g/mol. The Morgan fingerprint density at radius 2 is 1.76 bits per heavy atom. The number of carbonyl (C=O) groups excluding carboxylic acids is 1. The van der Waals surface area contributed by atoms with Gasteiger partial charge in [-0.15, -0.1) is 0 Å². The van der Waals surface area contributed by atoms with Gasteiger partial charge in [0.1, 0.15) is 6.04 Å². The molecule has 0 unspecified atom stereocenters. The maximum atomic E-state index is 13.2. The number of nitrogens with zero attached hydrogens (tertiary/aromatic N) is 2. The van der Waals surface area contributed by atoms with Crippen LogP contribution in [0.3, 0.4) is 0 Å². The molecule has 1 aromatic heterocycles. The summed E-state index contributed by atoms with van der Waals surface area (Å²) in [6, 6.07) is 27.2. The molecule has 2 aliphatic heterocycles. The number of rotatable bonds is 5. The second kappa shape index (κ2) is 8.75. The number of para-hydroxylation sites is 1. The van der Waals surface area contributed by atoms with E-state index in [4.69, 9.17) is 4.74 Å². The second-order valence-electron chi connectivity index (χ2n) is 9.23. The Bertz CT molecular complexity index is 1320. The van der Waals surface area contributed by atoms with E-state index in [2.05, 4.69) is 93.8 Å². The van der Waals surface area contributed by atoms with E-state index >= 15 is 0 Å². The van der Waals surface area contributed by atoms with Crippen LogP contribution < -0.4 is 0 Å². The third-order valence-corrected chi connectivity index (χ3v) is 7.51. The molecular formula is C29H29N3O2. The molecule has 5 heteroatoms. The van der Waals surface area contributed by atoms with Gasteiger partial charge in [0.05, 0.1) is 19.3 Å². The van der Waals surface area contributed by atoms with Gasteiger partial charge in [0.15, 0.2) is 0 Å². The van der Waals surface area contributed by atoms with Crippen LogP contribution in [0.5, 0.6) is 0 Å². The summed E-state index contributed by atoms with van der Waals surface area (Å²) in [5, 5.41) is 1.27. The zero-order valence-corrected chi connectivity index (χ0v) is 19.4. The van der Waals surface area contributed by atoms with Crippen LogP contribution in [-0.2, 0) is 22.4 Å². The lowest BCUT2D eigenvalue weighted by Gasteiger charge is -2.37. The van der Waals surface area contributed by atoms with Crippen molar-refractivity contribution in [2.24, 2.45) is 0 Å². The van der Waals surface area contributed by atoms with E-state index in [0.29, 0.717) is 0 Å². The van der Waals surface area contributed by atoms with E-state index < -0.39 is 0 Å². The summed E-state index contributed by atoms with van der Waals surface area (Å²) in [4.78, 5) is 21.5. The Morgan fingerprint density at radius 3 is 2.62 bits per heavy atom. The van der Waals surface area contributed by atoms with E-state index in [1.54, 1.807) is 0 Å². The number of carbonyl (C=O) groups is 1. The minimum atomic E-state index is -0.339. The first-order valence-corrected chi connectivity index (χ1v) is 12.0. The molecule has 1 fully saturated rings. The molecule has 1 N–H and O–H groups in total. The number of fused-ring (bicyclic) bond motifs is 4. The topological polar surface area (TPSA) is 48.6 Å². The minimum Gasteiger partial charge on any atom is -0.468 e. The van der Waals surface area contributed by atoms with Crippen molar-refractivity contribution in [1.82, 2.24) is 14.8 Å². The highest BCUT2D eigenvalue weighted by molar-refractivity contribution is 5.83. The smallest absolute Gasteiger partial charge is 0.325 e. The van der Waals surface area contributed by atoms with Crippen LogP contribution in [-0.4, -0.2) is 47.0 Å². The van der Waals surface area contributed by atoms with Gasteiger partial charge in [-0.25, -0.2) is 0 Å². The lowest BCUT2D eigenvalue weighted by Crippen LogP contribution is -2.43. The zero-order chi connectivity index (χ0) is 23.1. The molecule has 2 aliphatic rings. The van der Waals surface area contributed by atoms with Gasteiger partial charge in [-0.2, -0.15) is 0 Å². The van der Waals surface area contributed by atoms with Crippen LogP contribution >= 0.6 is 0 Å². The summed E-state index contributed by atoms with van der Waals surface area (Å²) < 4.78 is 5.37. The molecule has 0 saturated carbocycles. The van der Waals surface area contributed by atoms with Crippen molar-refractivity contribution in [2.75, 3.05) is 20.2 Å². The summed E-state index contributed by atoms with van der Waals surface area (Å²) in [5.41, 5.74) is 6.30. The van der Waals surface area contributed by atoms with Crippen molar-refractivity contribution in [3.63, 3.8) is 0 Å². The van der Waals surface area contributed by atoms with Crippen molar-refractivity contribution in [3.8, 4) is 0 Å². The number of esters is 1. The lowest BCUT2D eigenvalue weighted by molar-refractivity contribution is -0.147. The van der Waals surface area contributed by atoms with Gasteiger partial charge in [0.25, 0.3) is 0 Å². The van der Waals surface area contributed by atoms with Gasteiger partial charge in [-0.3, -0.25) is 14.6 Å². The van der Waals surface area contributed by atoms with Gasteiger partial charge >= 0.3 is 5.97 Å². The molecule has 0 spiro atoms. The summed E-state index contributed by atoms with van der Waals surface area (Å²) in [7, 11) is 1.51. The van der Waals surface area contributed by atoms with Crippen LogP contribution in [0.2, 0.25) is 0 Å². The first kappa shape index (κ1) is 21.1. The number of nitrogens with one attached hydrogen (secondary N) is 1. The van der Waals surface area contributed by atoms with Crippen molar-refractivity contribution in [1.29, 1.82) is 0 Å². The molecule has 1 saturated heterocycles. The molecule has 6 rings (SSSR count). The van der Waals surface area contributed by atoms with Crippen molar-refractivity contribution < 1.29 is 9.53 Å². The maximum absolute atomic E-state index is 13.2. The van der Waals surface area contributed by atoms with Crippen molar-refractivity contribution in [2.45, 2.75) is 31.1 Å². The van der Waals surface area contributed by atoms with E-state index in [0.717, 1.165) is 37.0 Å². The van der Waals surface area contributed by atoms with Crippen LogP contribution in [0.1, 0.15) is 34.5 Å². The Hall–Kier alpha value is -3.41. The van der Waals surface area contributed by atoms with Gasteiger partial charge in [-0.1, -0.05) is 72.8 Å². The van der Waals surface area contributed by atoms with E-state index in [1.807, 2.05) is 6.07 Å². The molecule has 3 aromatic carbocycles. The Morgan fingerprint density at radius 1 is 1.00 bits per heavy atom. The molecule has 0 aliphatic carbocycles. The number of aromatic amines is 1. The first-order chi connectivity index (χ1) is 16.8. The van der Waals surface area contributed by atoms with Crippen LogP contribution in [0.15, 0.2) is 85.1 Å². The predicted octanol–water partition coefficient (Wildman–Crippen LogP) is 4.87. The molecule has 0 radical (unpaired) electrons. The van der Waals surface area contributed by atoms with E-state index in [-0.39, 0.29) is 24.2 Å². The number of benzene rings is 3. The normalized spacial score (nSPS) is 22.4. The fourth-order valence-electron chi connectivity index (χ4n) is 6.00. The fourth-order valence-corrected chi connectivity index (χ4v) is 6.00. The Kier molecular flexibility index (Phi) is 5.44. The minimum absolute atomic E-state index is 0.0458. The number of ether oxygens (including phenoxy) is 1. The zero-order valence-electron chi connectivity index (χ0n) is 19.4. The SMILES string of the molecule is COC(=O)[C@@H]1[C@@H](c2ccccc2)N(CCc2c[nH]c3ccccc23)[C@H]2c3ccccc3CCN21. The largest absolute Gasteiger partial charge is 0.468 e. The standard InChI is InChI=1S/C29H29N3O2/c1-34-29(33)27-26(21-10-3-2-4-11-21)31(18-16-22-19-30-25-14-8-7-12-23(22)25)28-24-13-6-5-9-20(24)15-17-32(27)28/h2-14,19,26-28,30H,15-18H2,1H3/t26-,27+,28-/m1/s1. The predicted molar refractivity (Wildman–Crippen MR) is 133 cm³/mol. The Balaban J connectivity index is 1.44. The first-order valence-electron chi connectivity index (χ1n) is 12.0. The third kappa shape index (κ3) is 3.44. The Labute approximate surface area is 200 Å². The quantitative estimate of drug-likeness (QED) is 0.440. The molecule has 172 valence electrons.